The SMILES string of the molecule is CONC(=O)c1cc(-c2ccco2)nc2ccccc12. The van der Waals surface area contributed by atoms with Gasteiger partial charge in [0.05, 0.1) is 24.5 Å². The topological polar surface area (TPSA) is 64.4 Å². The van der Waals surface area contributed by atoms with E-state index in [0.717, 1.165) is 10.9 Å². The largest absolute Gasteiger partial charge is 0.463 e. The van der Waals surface area contributed by atoms with Crippen LogP contribution in [0.25, 0.3) is 22.4 Å². The maximum atomic E-state index is 12.1. The monoisotopic (exact) mass is 268 g/mol. The van der Waals surface area contributed by atoms with E-state index in [-0.39, 0.29) is 5.91 Å². The summed E-state index contributed by atoms with van der Waals surface area (Å²) in [6.07, 6.45) is 1.57. The molecule has 0 aliphatic carbocycles. The van der Waals surface area contributed by atoms with Gasteiger partial charge in [0.2, 0.25) is 0 Å². The molecule has 20 heavy (non-hydrogen) atoms. The van der Waals surface area contributed by atoms with Crippen molar-refractivity contribution in [3.63, 3.8) is 0 Å². The van der Waals surface area contributed by atoms with E-state index in [1.165, 1.54) is 7.11 Å². The number of aromatic nitrogens is 1. The zero-order valence-corrected chi connectivity index (χ0v) is 10.8. The van der Waals surface area contributed by atoms with Crippen molar-refractivity contribution in [1.82, 2.24) is 10.5 Å². The average Bonchev–Trinajstić information content (AvgIpc) is 3.00. The molecular formula is C15H12N2O3. The van der Waals surface area contributed by atoms with Crippen LogP contribution in [0.15, 0.2) is 53.1 Å². The predicted molar refractivity (Wildman–Crippen MR) is 73.9 cm³/mol. The van der Waals surface area contributed by atoms with Crippen molar-refractivity contribution in [3.8, 4) is 11.5 Å². The number of amides is 1. The van der Waals surface area contributed by atoms with Crippen molar-refractivity contribution in [1.29, 1.82) is 0 Å². The van der Waals surface area contributed by atoms with Gasteiger partial charge in [0.15, 0.2) is 5.76 Å². The average molecular weight is 268 g/mol. The first-order chi connectivity index (χ1) is 9.79. The molecule has 0 fully saturated rings. The Morgan fingerprint density at radius 2 is 2.10 bits per heavy atom. The number of hydroxylamine groups is 1. The lowest BCUT2D eigenvalue weighted by Gasteiger charge is -2.08. The number of rotatable bonds is 3. The Morgan fingerprint density at radius 3 is 2.85 bits per heavy atom. The maximum absolute atomic E-state index is 12.1. The summed E-state index contributed by atoms with van der Waals surface area (Å²) < 4.78 is 5.34. The van der Waals surface area contributed by atoms with E-state index < -0.39 is 0 Å². The summed E-state index contributed by atoms with van der Waals surface area (Å²) in [6, 6.07) is 12.7. The highest BCUT2D eigenvalue weighted by Crippen LogP contribution is 2.25. The molecule has 100 valence electrons. The number of fused-ring (bicyclic) bond motifs is 1. The Morgan fingerprint density at radius 1 is 1.25 bits per heavy atom. The molecule has 0 saturated heterocycles. The molecule has 0 unspecified atom stereocenters. The third-order valence-electron chi connectivity index (χ3n) is 2.93. The molecular weight excluding hydrogens is 256 g/mol. The summed E-state index contributed by atoms with van der Waals surface area (Å²) in [5.41, 5.74) is 4.15. The van der Waals surface area contributed by atoms with Crippen LogP contribution in [0.1, 0.15) is 10.4 Å². The minimum Gasteiger partial charge on any atom is -0.463 e. The second kappa shape index (κ2) is 5.14. The smallest absolute Gasteiger partial charge is 0.275 e. The van der Waals surface area contributed by atoms with Crippen LogP contribution in [0.4, 0.5) is 0 Å². The van der Waals surface area contributed by atoms with Crippen LogP contribution < -0.4 is 5.48 Å². The summed E-state index contributed by atoms with van der Waals surface area (Å²) in [5.74, 6) is 0.293. The normalized spacial score (nSPS) is 10.7. The molecule has 5 nitrogen and oxygen atoms in total. The van der Waals surface area contributed by atoms with Gasteiger partial charge in [-0.2, -0.15) is 0 Å². The Kier molecular flexibility index (Phi) is 3.18. The molecule has 0 bridgehead atoms. The van der Waals surface area contributed by atoms with E-state index in [1.54, 1.807) is 24.5 Å². The molecule has 2 heterocycles. The second-order valence-electron chi connectivity index (χ2n) is 4.18. The lowest BCUT2D eigenvalue weighted by molar-refractivity contribution is 0.0539. The molecule has 0 spiro atoms. The fraction of sp³-hybridized carbons (Fsp3) is 0.0667. The van der Waals surface area contributed by atoms with E-state index in [1.807, 2.05) is 24.3 Å². The van der Waals surface area contributed by atoms with E-state index >= 15 is 0 Å². The lowest BCUT2D eigenvalue weighted by atomic mass is 10.1. The number of furan rings is 1. The summed E-state index contributed by atoms with van der Waals surface area (Å²) >= 11 is 0. The summed E-state index contributed by atoms with van der Waals surface area (Å²) in [6.45, 7) is 0. The van der Waals surface area contributed by atoms with Gasteiger partial charge in [0.1, 0.15) is 5.69 Å². The molecule has 1 N–H and O–H groups in total. The van der Waals surface area contributed by atoms with Gasteiger partial charge >= 0.3 is 0 Å². The number of benzene rings is 1. The van der Waals surface area contributed by atoms with Gasteiger partial charge in [-0.05, 0) is 24.3 Å². The third kappa shape index (κ3) is 2.15. The highest BCUT2D eigenvalue weighted by molar-refractivity contribution is 6.06. The van der Waals surface area contributed by atoms with Crippen molar-refractivity contribution in [2.24, 2.45) is 0 Å². The first-order valence-corrected chi connectivity index (χ1v) is 6.06. The van der Waals surface area contributed by atoms with Crippen molar-refractivity contribution >= 4 is 16.8 Å². The number of nitrogens with zero attached hydrogens (tertiary/aromatic N) is 1. The zero-order valence-electron chi connectivity index (χ0n) is 10.8. The van der Waals surface area contributed by atoms with Crippen molar-refractivity contribution in [3.05, 3.63) is 54.3 Å². The van der Waals surface area contributed by atoms with Crippen molar-refractivity contribution in [2.45, 2.75) is 0 Å². The molecule has 3 aromatic rings. The van der Waals surface area contributed by atoms with Gasteiger partial charge in [-0.25, -0.2) is 10.5 Å². The van der Waals surface area contributed by atoms with Gasteiger partial charge < -0.3 is 4.42 Å². The van der Waals surface area contributed by atoms with E-state index in [4.69, 9.17) is 9.25 Å². The summed E-state index contributed by atoms with van der Waals surface area (Å²) in [4.78, 5) is 21.3. The first kappa shape index (κ1) is 12.4. The van der Waals surface area contributed by atoms with E-state index in [9.17, 15) is 4.79 Å². The quantitative estimate of drug-likeness (QED) is 0.742. The number of carbonyl (C=O) groups is 1. The molecule has 1 aromatic carbocycles. The third-order valence-corrected chi connectivity index (χ3v) is 2.93. The molecule has 5 heteroatoms. The Bertz CT molecular complexity index is 751. The van der Waals surface area contributed by atoms with Crippen molar-refractivity contribution in [2.75, 3.05) is 7.11 Å². The number of hydrogen-bond acceptors (Lipinski definition) is 4. The van der Waals surface area contributed by atoms with Gasteiger partial charge in [0.25, 0.3) is 5.91 Å². The van der Waals surface area contributed by atoms with Gasteiger partial charge in [-0.15, -0.1) is 0 Å². The number of carbonyl (C=O) groups excluding carboxylic acids is 1. The molecule has 0 aliphatic rings. The van der Waals surface area contributed by atoms with Crippen LogP contribution in [0.5, 0.6) is 0 Å². The Hall–Kier alpha value is -2.66. The van der Waals surface area contributed by atoms with Gasteiger partial charge in [0, 0.05) is 5.39 Å². The number of nitrogens with one attached hydrogen (secondary N) is 1. The highest BCUT2D eigenvalue weighted by atomic mass is 16.6. The van der Waals surface area contributed by atoms with E-state index in [2.05, 4.69) is 10.5 Å². The molecule has 0 aliphatic heterocycles. The van der Waals surface area contributed by atoms with Crippen LogP contribution in [0, 0.1) is 0 Å². The lowest BCUT2D eigenvalue weighted by Crippen LogP contribution is -2.22. The fourth-order valence-corrected chi connectivity index (χ4v) is 2.06. The molecule has 1 amide bonds. The van der Waals surface area contributed by atoms with Crippen LogP contribution in [0.2, 0.25) is 0 Å². The highest BCUT2D eigenvalue weighted by Gasteiger charge is 2.14. The number of pyridine rings is 1. The van der Waals surface area contributed by atoms with Crippen LogP contribution in [0.3, 0.4) is 0 Å². The molecule has 0 atom stereocenters. The number of hydrogen-bond donors (Lipinski definition) is 1. The Balaban J connectivity index is 2.22. The molecule has 0 saturated carbocycles. The zero-order chi connectivity index (χ0) is 13.9. The van der Waals surface area contributed by atoms with E-state index in [0.29, 0.717) is 17.0 Å². The predicted octanol–water partition coefficient (Wildman–Crippen LogP) is 2.79. The molecule has 0 radical (unpaired) electrons. The molecule has 2 aromatic heterocycles. The maximum Gasteiger partial charge on any atom is 0.275 e. The summed E-state index contributed by atoms with van der Waals surface area (Å²) in [5, 5.41) is 0.761. The fourth-order valence-electron chi connectivity index (χ4n) is 2.06. The Labute approximate surface area is 115 Å². The van der Waals surface area contributed by atoms with Crippen molar-refractivity contribution < 1.29 is 14.0 Å². The van der Waals surface area contributed by atoms with Crippen LogP contribution >= 0.6 is 0 Å². The second-order valence-corrected chi connectivity index (χ2v) is 4.18. The van der Waals surface area contributed by atoms with Crippen LogP contribution in [-0.2, 0) is 4.84 Å². The number of para-hydroxylation sites is 1. The molecule has 3 rings (SSSR count). The summed E-state index contributed by atoms with van der Waals surface area (Å²) in [7, 11) is 1.40. The minimum atomic E-state index is -0.320. The first-order valence-electron chi connectivity index (χ1n) is 6.06. The van der Waals surface area contributed by atoms with Crippen LogP contribution in [-0.4, -0.2) is 18.0 Å². The van der Waals surface area contributed by atoms with Gasteiger partial charge in [-0.3, -0.25) is 9.63 Å². The standard InChI is InChI=1S/C15H12N2O3/c1-19-17-15(18)11-9-13(14-7-4-8-20-14)16-12-6-3-2-5-10(11)12/h2-9H,1H3,(H,17,18). The minimum absolute atomic E-state index is 0.320. The van der Waals surface area contributed by atoms with Gasteiger partial charge in [-0.1, -0.05) is 18.2 Å².